The zero-order chi connectivity index (χ0) is 12.1. The van der Waals surface area contributed by atoms with Gasteiger partial charge in [-0.3, -0.25) is 4.98 Å². The first-order valence-electron chi connectivity index (χ1n) is 6.25. The van der Waals surface area contributed by atoms with Crippen molar-refractivity contribution in [2.45, 2.75) is 38.1 Å². The molecule has 0 saturated carbocycles. The standard InChI is InChI=1S/C14H19FN2/c1-16-14(7-11-5-3-2-4-6-11)12-8-13(15)10-17-9-12/h5,8-10,14,16H,2-4,6-7H2,1H3. The first-order valence-corrected chi connectivity index (χ1v) is 6.25. The average Bonchev–Trinajstić information content (AvgIpc) is 2.37. The van der Waals surface area contributed by atoms with E-state index in [2.05, 4.69) is 16.4 Å². The Morgan fingerprint density at radius 2 is 2.29 bits per heavy atom. The van der Waals surface area contributed by atoms with E-state index in [1.807, 2.05) is 7.05 Å². The van der Waals surface area contributed by atoms with E-state index in [-0.39, 0.29) is 11.9 Å². The summed E-state index contributed by atoms with van der Waals surface area (Å²) >= 11 is 0. The van der Waals surface area contributed by atoms with Crippen LogP contribution in [0.2, 0.25) is 0 Å². The molecular formula is C14H19FN2. The number of allylic oxidation sites excluding steroid dienone is 1. The molecule has 0 saturated heterocycles. The number of aromatic nitrogens is 1. The zero-order valence-corrected chi connectivity index (χ0v) is 10.2. The predicted octanol–water partition coefficient (Wildman–Crippen LogP) is 3.37. The molecule has 2 nitrogen and oxygen atoms in total. The molecule has 1 aromatic rings. The first kappa shape index (κ1) is 12.2. The number of hydrogen-bond donors (Lipinski definition) is 1. The summed E-state index contributed by atoms with van der Waals surface area (Å²) in [7, 11) is 1.92. The Bertz CT molecular complexity index is 401. The van der Waals surface area contributed by atoms with E-state index >= 15 is 0 Å². The highest BCUT2D eigenvalue weighted by molar-refractivity contribution is 5.19. The first-order chi connectivity index (χ1) is 8.29. The van der Waals surface area contributed by atoms with Gasteiger partial charge in [-0.15, -0.1) is 0 Å². The Kier molecular flexibility index (Phi) is 4.26. The molecule has 1 aliphatic rings. The molecule has 0 aromatic carbocycles. The Labute approximate surface area is 102 Å². The summed E-state index contributed by atoms with van der Waals surface area (Å²) in [6, 6.07) is 1.74. The highest BCUT2D eigenvalue weighted by Crippen LogP contribution is 2.27. The molecule has 1 heterocycles. The summed E-state index contributed by atoms with van der Waals surface area (Å²) in [5, 5.41) is 3.25. The fourth-order valence-electron chi connectivity index (χ4n) is 2.36. The van der Waals surface area contributed by atoms with Crippen LogP contribution in [0, 0.1) is 5.82 Å². The number of nitrogens with zero attached hydrogens (tertiary/aromatic N) is 1. The maximum atomic E-state index is 13.1. The molecule has 0 fully saturated rings. The minimum atomic E-state index is -0.264. The van der Waals surface area contributed by atoms with Crippen LogP contribution in [0.4, 0.5) is 4.39 Å². The molecule has 1 aromatic heterocycles. The van der Waals surface area contributed by atoms with Crippen LogP contribution in [0.15, 0.2) is 30.1 Å². The minimum absolute atomic E-state index is 0.169. The topological polar surface area (TPSA) is 24.9 Å². The van der Waals surface area contributed by atoms with Gasteiger partial charge in [-0.1, -0.05) is 11.6 Å². The van der Waals surface area contributed by atoms with Crippen molar-refractivity contribution in [3.8, 4) is 0 Å². The average molecular weight is 234 g/mol. The van der Waals surface area contributed by atoms with Gasteiger partial charge in [0.25, 0.3) is 0 Å². The number of rotatable bonds is 4. The van der Waals surface area contributed by atoms with E-state index in [4.69, 9.17) is 0 Å². The van der Waals surface area contributed by atoms with Crippen molar-refractivity contribution in [2.24, 2.45) is 0 Å². The molecule has 0 spiro atoms. The molecule has 92 valence electrons. The van der Waals surface area contributed by atoms with Crippen molar-refractivity contribution in [1.29, 1.82) is 0 Å². The lowest BCUT2D eigenvalue weighted by atomic mass is 9.92. The monoisotopic (exact) mass is 234 g/mol. The molecule has 17 heavy (non-hydrogen) atoms. The molecule has 0 amide bonds. The van der Waals surface area contributed by atoms with Crippen molar-refractivity contribution in [3.63, 3.8) is 0 Å². The van der Waals surface area contributed by atoms with Crippen LogP contribution in [-0.4, -0.2) is 12.0 Å². The van der Waals surface area contributed by atoms with Crippen molar-refractivity contribution < 1.29 is 4.39 Å². The molecule has 1 aliphatic carbocycles. The molecule has 1 atom stereocenters. The van der Waals surface area contributed by atoms with Gasteiger partial charge in [0, 0.05) is 12.2 Å². The van der Waals surface area contributed by atoms with Gasteiger partial charge in [0.1, 0.15) is 5.82 Å². The van der Waals surface area contributed by atoms with Crippen molar-refractivity contribution in [2.75, 3.05) is 7.05 Å². The fraction of sp³-hybridized carbons (Fsp3) is 0.500. The van der Waals surface area contributed by atoms with E-state index in [1.165, 1.54) is 37.5 Å². The second kappa shape index (κ2) is 5.92. The Hall–Kier alpha value is -1.22. The van der Waals surface area contributed by atoms with Crippen molar-refractivity contribution >= 4 is 0 Å². The highest BCUT2D eigenvalue weighted by Gasteiger charge is 2.14. The Morgan fingerprint density at radius 1 is 1.41 bits per heavy atom. The largest absolute Gasteiger partial charge is 0.313 e. The molecule has 0 radical (unpaired) electrons. The molecule has 0 aliphatic heterocycles. The normalized spacial score (nSPS) is 17.6. The summed E-state index contributed by atoms with van der Waals surface area (Å²) in [6.07, 6.45) is 11.2. The van der Waals surface area contributed by atoms with Gasteiger partial charge in [0.05, 0.1) is 6.20 Å². The van der Waals surface area contributed by atoms with Gasteiger partial charge < -0.3 is 5.32 Å². The third kappa shape index (κ3) is 3.37. The third-order valence-electron chi connectivity index (χ3n) is 3.33. The summed E-state index contributed by atoms with van der Waals surface area (Å²) in [5.74, 6) is -0.264. The van der Waals surface area contributed by atoms with Crippen LogP contribution >= 0.6 is 0 Å². The van der Waals surface area contributed by atoms with Crippen molar-refractivity contribution in [1.82, 2.24) is 10.3 Å². The summed E-state index contributed by atoms with van der Waals surface area (Å²) < 4.78 is 13.1. The van der Waals surface area contributed by atoms with Crippen LogP contribution in [-0.2, 0) is 0 Å². The second-order valence-electron chi connectivity index (χ2n) is 4.59. The van der Waals surface area contributed by atoms with Gasteiger partial charge in [0.15, 0.2) is 0 Å². The lowest BCUT2D eigenvalue weighted by molar-refractivity contribution is 0.548. The van der Waals surface area contributed by atoms with E-state index < -0.39 is 0 Å². The Morgan fingerprint density at radius 3 is 2.94 bits per heavy atom. The highest BCUT2D eigenvalue weighted by atomic mass is 19.1. The van der Waals surface area contributed by atoms with E-state index in [9.17, 15) is 4.39 Å². The van der Waals surface area contributed by atoms with Crippen LogP contribution < -0.4 is 5.32 Å². The number of hydrogen-bond acceptors (Lipinski definition) is 2. The molecule has 3 heteroatoms. The third-order valence-corrected chi connectivity index (χ3v) is 3.33. The van der Waals surface area contributed by atoms with Crippen LogP contribution in [0.3, 0.4) is 0 Å². The molecule has 1 unspecified atom stereocenters. The summed E-state index contributed by atoms with van der Waals surface area (Å²) in [6.45, 7) is 0. The zero-order valence-electron chi connectivity index (χ0n) is 10.2. The van der Waals surface area contributed by atoms with Gasteiger partial charge in [-0.05, 0) is 50.8 Å². The van der Waals surface area contributed by atoms with E-state index in [1.54, 1.807) is 12.3 Å². The minimum Gasteiger partial charge on any atom is -0.313 e. The number of halogens is 1. The van der Waals surface area contributed by atoms with Gasteiger partial charge in [0.2, 0.25) is 0 Å². The van der Waals surface area contributed by atoms with Gasteiger partial charge >= 0.3 is 0 Å². The maximum absolute atomic E-state index is 13.1. The van der Waals surface area contributed by atoms with Crippen LogP contribution in [0.1, 0.15) is 43.7 Å². The molecular weight excluding hydrogens is 215 g/mol. The molecule has 2 rings (SSSR count). The van der Waals surface area contributed by atoms with Crippen molar-refractivity contribution in [3.05, 3.63) is 41.5 Å². The molecule has 1 N–H and O–H groups in total. The lowest BCUT2D eigenvalue weighted by Gasteiger charge is -2.20. The smallest absolute Gasteiger partial charge is 0.141 e. The fourth-order valence-corrected chi connectivity index (χ4v) is 2.36. The Balaban J connectivity index is 2.08. The molecule has 0 bridgehead atoms. The van der Waals surface area contributed by atoms with E-state index in [0.29, 0.717) is 0 Å². The maximum Gasteiger partial charge on any atom is 0.141 e. The van der Waals surface area contributed by atoms with Gasteiger partial charge in [-0.25, -0.2) is 4.39 Å². The van der Waals surface area contributed by atoms with Crippen LogP contribution in [0.5, 0.6) is 0 Å². The van der Waals surface area contributed by atoms with Gasteiger partial charge in [-0.2, -0.15) is 0 Å². The summed E-state index contributed by atoms with van der Waals surface area (Å²) in [4.78, 5) is 3.91. The quantitative estimate of drug-likeness (QED) is 0.808. The van der Waals surface area contributed by atoms with Crippen LogP contribution in [0.25, 0.3) is 0 Å². The number of nitrogens with one attached hydrogen (secondary N) is 1. The number of pyridine rings is 1. The van der Waals surface area contributed by atoms with E-state index in [0.717, 1.165) is 12.0 Å². The lowest BCUT2D eigenvalue weighted by Crippen LogP contribution is -2.18. The second-order valence-corrected chi connectivity index (χ2v) is 4.59. The predicted molar refractivity (Wildman–Crippen MR) is 67.2 cm³/mol. The SMILES string of the molecule is CNC(CC1=CCCCC1)c1cncc(F)c1. The summed E-state index contributed by atoms with van der Waals surface area (Å²) in [5.41, 5.74) is 2.42.